The molecule has 0 aliphatic carbocycles. The van der Waals surface area contributed by atoms with E-state index in [-0.39, 0.29) is 5.60 Å². The largest absolute Gasteiger partial charge is 0.381 e. The summed E-state index contributed by atoms with van der Waals surface area (Å²) in [7, 11) is 2.09. The zero-order chi connectivity index (χ0) is 13.1. The molecular formula is C15H28N2O2. The Bertz CT molecular complexity index is 278. The van der Waals surface area contributed by atoms with Crippen LogP contribution in [0.25, 0.3) is 0 Å². The molecule has 3 fully saturated rings. The third-order valence-corrected chi connectivity index (χ3v) is 5.33. The molecule has 3 aliphatic heterocycles. The van der Waals surface area contributed by atoms with Crippen molar-refractivity contribution in [1.29, 1.82) is 0 Å². The highest BCUT2D eigenvalue weighted by Gasteiger charge is 2.41. The van der Waals surface area contributed by atoms with Gasteiger partial charge in [0.15, 0.2) is 0 Å². The monoisotopic (exact) mass is 268 g/mol. The van der Waals surface area contributed by atoms with E-state index in [1.807, 2.05) is 0 Å². The molecule has 1 unspecified atom stereocenters. The van der Waals surface area contributed by atoms with Gasteiger partial charge in [-0.05, 0) is 58.7 Å². The molecule has 3 aliphatic rings. The minimum Gasteiger partial charge on any atom is -0.381 e. The fraction of sp³-hybridized carbons (Fsp3) is 1.00. The lowest BCUT2D eigenvalue weighted by Crippen LogP contribution is -2.53. The van der Waals surface area contributed by atoms with Gasteiger partial charge in [-0.3, -0.25) is 0 Å². The average Bonchev–Trinajstić information content (AvgIpc) is 2.48. The number of nitrogens with zero attached hydrogens (tertiary/aromatic N) is 1. The standard InChI is InChI=1S/C15H28N2O2/c1-16-13-2-7-17(8-3-13)14-4-9-19-15(12-14)5-10-18-11-6-15/h13-14,16H,2-12H2,1H3. The van der Waals surface area contributed by atoms with Gasteiger partial charge in [0.25, 0.3) is 0 Å². The van der Waals surface area contributed by atoms with Crippen LogP contribution >= 0.6 is 0 Å². The van der Waals surface area contributed by atoms with Crippen molar-refractivity contribution in [2.75, 3.05) is 40.0 Å². The molecule has 3 saturated heterocycles. The van der Waals surface area contributed by atoms with E-state index in [1.165, 1.54) is 38.8 Å². The first-order valence-corrected chi connectivity index (χ1v) is 7.94. The van der Waals surface area contributed by atoms with Crippen LogP contribution in [0, 0.1) is 0 Å². The second kappa shape index (κ2) is 6.08. The van der Waals surface area contributed by atoms with Gasteiger partial charge in [0.2, 0.25) is 0 Å². The van der Waals surface area contributed by atoms with Gasteiger partial charge in [-0.15, -0.1) is 0 Å². The number of nitrogens with one attached hydrogen (secondary N) is 1. The van der Waals surface area contributed by atoms with Crippen molar-refractivity contribution in [3.8, 4) is 0 Å². The Hall–Kier alpha value is -0.160. The lowest BCUT2D eigenvalue weighted by atomic mass is 9.83. The third kappa shape index (κ3) is 3.13. The van der Waals surface area contributed by atoms with Crippen LogP contribution in [0.2, 0.25) is 0 Å². The average molecular weight is 268 g/mol. The molecule has 0 aromatic carbocycles. The molecule has 1 N–H and O–H groups in total. The summed E-state index contributed by atoms with van der Waals surface area (Å²) >= 11 is 0. The summed E-state index contributed by atoms with van der Waals surface area (Å²) in [4.78, 5) is 2.72. The molecule has 1 spiro atoms. The van der Waals surface area contributed by atoms with Crippen LogP contribution in [0.3, 0.4) is 0 Å². The van der Waals surface area contributed by atoms with Gasteiger partial charge in [-0.2, -0.15) is 0 Å². The Kier molecular flexibility index (Phi) is 4.42. The van der Waals surface area contributed by atoms with Crippen molar-refractivity contribution in [1.82, 2.24) is 10.2 Å². The van der Waals surface area contributed by atoms with Crippen LogP contribution in [0.5, 0.6) is 0 Å². The molecule has 0 bridgehead atoms. The first-order valence-electron chi connectivity index (χ1n) is 7.94. The van der Waals surface area contributed by atoms with Crippen LogP contribution in [0.15, 0.2) is 0 Å². The molecule has 3 rings (SSSR count). The number of piperidine rings is 1. The van der Waals surface area contributed by atoms with Crippen molar-refractivity contribution in [2.24, 2.45) is 0 Å². The molecule has 0 radical (unpaired) electrons. The number of ether oxygens (including phenoxy) is 2. The SMILES string of the molecule is CNC1CCN(C2CCOC3(CCOCC3)C2)CC1. The Morgan fingerprint density at radius 1 is 1.05 bits per heavy atom. The van der Waals surface area contributed by atoms with Gasteiger partial charge in [0.05, 0.1) is 5.60 Å². The highest BCUT2D eigenvalue weighted by molar-refractivity contribution is 4.93. The molecule has 110 valence electrons. The minimum absolute atomic E-state index is 0.140. The Morgan fingerprint density at radius 2 is 1.79 bits per heavy atom. The predicted molar refractivity (Wildman–Crippen MR) is 75.4 cm³/mol. The van der Waals surface area contributed by atoms with Crippen molar-refractivity contribution < 1.29 is 9.47 Å². The summed E-state index contributed by atoms with van der Waals surface area (Å²) in [6.07, 6.45) is 7.22. The van der Waals surface area contributed by atoms with E-state index in [2.05, 4.69) is 17.3 Å². The molecule has 1 atom stereocenters. The molecule has 3 heterocycles. The van der Waals surface area contributed by atoms with E-state index < -0.39 is 0 Å². The fourth-order valence-electron chi connectivity index (χ4n) is 3.96. The van der Waals surface area contributed by atoms with Gasteiger partial charge in [-0.25, -0.2) is 0 Å². The lowest BCUT2D eigenvalue weighted by molar-refractivity contribution is -0.152. The minimum atomic E-state index is 0.140. The molecule has 0 saturated carbocycles. The topological polar surface area (TPSA) is 33.7 Å². The van der Waals surface area contributed by atoms with E-state index in [1.54, 1.807) is 0 Å². The smallest absolute Gasteiger partial charge is 0.0741 e. The van der Waals surface area contributed by atoms with Crippen LogP contribution < -0.4 is 5.32 Å². The van der Waals surface area contributed by atoms with Crippen LogP contribution in [-0.2, 0) is 9.47 Å². The van der Waals surface area contributed by atoms with E-state index in [0.717, 1.165) is 44.7 Å². The summed E-state index contributed by atoms with van der Waals surface area (Å²) in [6, 6.07) is 1.47. The molecule has 19 heavy (non-hydrogen) atoms. The summed E-state index contributed by atoms with van der Waals surface area (Å²) in [6.45, 7) is 5.21. The van der Waals surface area contributed by atoms with Crippen LogP contribution in [0.1, 0.15) is 38.5 Å². The molecule has 0 aromatic rings. The summed E-state index contributed by atoms with van der Waals surface area (Å²) in [5, 5.41) is 3.42. The van der Waals surface area contributed by atoms with Crippen LogP contribution in [0.4, 0.5) is 0 Å². The highest BCUT2D eigenvalue weighted by Crippen LogP contribution is 2.36. The zero-order valence-electron chi connectivity index (χ0n) is 12.2. The molecular weight excluding hydrogens is 240 g/mol. The maximum Gasteiger partial charge on any atom is 0.0741 e. The van der Waals surface area contributed by atoms with Crippen molar-refractivity contribution >= 4 is 0 Å². The van der Waals surface area contributed by atoms with E-state index in [9.17, 15) is 0 Å². The number of hydrogen-bond donors (Lipinski definition) is 1. The van der Waals surface area contributed by atoms with E-state index >= 15 is 0 Å². The number of rotatable bonds is 2. The summed E-state index contributed by atoms with van der Waals surface area (Å²) in [5.74, 6) is 0. The maximum absolute atomic E-state index is 6.15. The zero-order valence-corrected chi connectivity index (χ0v) is 12.2. The van der Waals surface area contributed by atoms with E-state index in [0.29, 0.717) is 0 Å². The van der Waals surface area contributed by atoms with Crippen LogP contribution in [-0.4, -0.2) is 62.5 Å². The Balaban J connectivity index is 1.56. The van der Waals surface area contributed by atoms with Crippen molar-refractivity contribution in [3.63, 3.8) is 0 Å². The Labute approximate surface area is 116 Å². The first-order chi connectivity index (χ1) is 9.31. The first kappa shape index (κ1) is 13.8. The Morgan fingerprint density at radius 3 is 2.47 bits per heavy atom. The van der Waals surface area contributed by atoms with Crippen molar-refractivity contribution in [2.45, 2.75) is 56.2 Å². The van der Waals surface area contributed by atoms with Gasteiger partial charge >= 0.3 is 0 Å². The predicted octanol–water partition coefficient (Wildman–Crippen LogP) is 1.40. The van der Waals surface area contributed by atoms with E-state index in [4.69, 9.17) is 9.47 Å². The second-order valence-electron chi connectivity index (χ2n) is 6.39. The lowest BCUT2D eigenvalue weighted by Gasteiger charge is -2.47. The summed E-state index contributed by atoms with van der Waals surface area (Å²) < 4.78 is 11.7. The quantitative estimate of drug-likeness (QED) is 0.821. The van der Waals surface area contributed by atoms with Crippen molar-refractivity contribution in [3.05, 3.63) is 0 Å². The maximum atomic E-state index is 6.15. The third-order valence-electron chi connectivity index (χ3n) is 5.33. The normalized spacial score (nSPS) is 33.6. The molecule has 0 amide bonds. The van der Waals surface area contributed by atoms with Gasteiger partial charge in [0.1, 0.15) is 0 Å². The van der Waals surface area contributed by atoms with Gasteiger partial charge in [-0.1, -0.05) is 0 Å². The summed E-state index contributed by atoms with van der Waals surface area (Å²) in [5.41, 5.74) is 0.140. The molecule has 4 heteroatoms. The molecule has 0 aromatic heterocycles. The molecule has 4 nitrogen and oxygen atoms in total. The number of likely N-dealkylation sites (tertiary alicyclic amines) is 1. The second-order valence-corrected chi connectivity index (χ2v) is 6.39. The highest BCUT2D eigenvalue weighted by atomic mass is 16.5. The fourth-order valence-corrected chi connectivity index (χ4v) is 3.96. The number of hydrogen-bond acceptors (Lipinski definition) is 4. The van der Waals surface area contributed by atoms with Gasteiger partial charge < -0.3 is 19.7 Å². The van der Waals surface area contributed by atoms with Gasteiger partial charge in [0, 0.05) is 31.9 Å².